The van der Waals surface area contributed by atoms with Crippen LogP contribution in [-0.2, 0) is 29.8 Å². The van der Waals surface area contributed by atoms with Crippen LogP contribution < -0.4 is 4.74 Å². The summed E-state index contributed by atoms with van der Waals surface area (Å²) in [7, 11) is 0.504. The first-order valence-corrected chi connectivity index (χ1v) is 25.1. The summed E-state index contributed by atoms with van der Waals surface area (Å²) in [4.78, 5) is 24.1. The Morgan fingerprint density at radius 1 is 0.893 bits per heavy atom. The fourth-order valence-corrected chi connectivity index (χ4v) is 5.50. The van der Waals surface area contributed by atoms with Gasteiger partial charge in [0.05, 0.1) is 51.3 Å². The molecule has 0 fully saturated rings. The molecule has 0 saturated heterocycles. The molecule has 0 aromatic heterocycles. The summed E-state index contributed by atoms with van der Waals surface area (Å²) in [5.74, 6) is 0.528. The lowest BCUT2D eigenvalue weighted by Crippen LogP contribution is -2.48. The monoisotopic (exact) mass is 887 g/mol. The van der Waals surface area contributed by atoms with Gasteiger partial charge >= 0.3 is 0 Å². The highest BCUT2D eigenvalue weighted by molar-refractivity contribution is 6.76. The van der Waals surface area contributed by atoms with Gasteiger partial charge in [0.25, 0.3) is 0 Å². The summed E-state index contributed by atoms with van der Waals surface area (Å²) < 4.78 is 21.7. The molecule has 326 valence electrons. The molecule has 0 amide bonds. The summed E-state index contributed by atoms with van der Waals surface area (Å²) in [6, 6.07) is 7.64. The Hall–Kier alpha value is -1.51. The normalized spacial score (nSPS) is 13.8. The van der Waals surface area contributed by atoms with E-state index < -0.39 is 26.5 Å². The first kappa shape index (κ1) is 58.8. The van der Waals surface area contributed by atoms with Crippen molar-refractivity contribution < 1.29 is 43.4 Å². The minimum absolute atomic E-state index is 0.0224. The zero-order valence-electron chi connectivity index (χ0n) is 36.5. The van der Waals surface area contributed by atoms with Crippen LogP contribution in [0.25, 0.3) is 0 Å². The molecule has 0 spiro atoms. The number of Topliss-reactive ketones (excluding diaryl/α,β-unsaturated/α-hetero) is 2. The molecule has 1 rings (SSSR count). The van der Waals surface area contributed by atoms with E-state index in [1.165, 1.54) is 27.1 Å². The van der Waals surface area contributed by atoms with E-state index in [9.17, 15) is 14.8 Å². The Labute approximate surface area is 354 Å². The lowest BCUT2D eigenvalue weighted by atomic mass is 10.1. The average Bonchev–Trinajstić information content (AvgIpc) is 3.04. The number of nitrogens with one attached hydrogen (secondary N) is 1. The summed E-state index contributed by atoms with van der Waals surface area (Å²) in [5.41, 5.74) is 1.04. The largest absolute Gasteiger partial charge is 0.497 e. The van der Waals surface area contributed by atoms with Gasteiger partial charge in [0, 0.05) is 20.5 Å². The summed E-state index contributed by atoms with van der Waals surface area (Å²) in [6.45, 7) is 31.9. The molecule has 1 aromatic carbocycles. The number of hydrogen-bond acceptors (Lipinski definition) is 12. The van der Waals surface area contributed by atoms with Crippen LogP contribution in [0.5, 0.6) is 5.75 Å². The molecule has 1 aromatic rings. The van der Waals surface area contributed by atoms with Gasteiger partial charge in [0.2, 0.25) is 3.79 Å². The Kier molecular flexibility index (Phi) is 28.7. The number of rotatable bonds is 18. The van der Waals surface area contributed by atoms with Crippen molar-refractivity contribution in [1.82, 2.24) is 10.1 Å². The molecule has 0 aliphatic heterocycles. The predicted molar refractivity (Wildman–Crippen MR) is 236 cm³/mol. The third-order valence-electron chi connectivity index (χ3n) is 8.89. The van der Waals surface area contributed by atoms with Crippen LogP contribution in [0.1, 0.15) is 67.4 Å². The number of ketones is 2. The van der Waals surface area contributed by atoms with Gasteiger partial charge in [-0.25, -0.2) is 0 Å². The van der Waals surface area contributed by atoms with Gasteiger partial charge in [-0.2, -0.15) is 10.1 Å². The van der Waals surface area contributed by atoms with E-state index in [0.29, 0.717) is 13.0 Å². The van der Waals surface area contributed by atoms with E-state index in [4.69, 9.17) is 68.9 Å². The van der Waals surface area contributed by atoms with Gasteiger partial charge in [0.1, 0.15) is 11.9 Å². The number of hydroxylamine groups is 4. The first-order chi connectivity index (χ1) is 25.2. The van der Waals surface area contributed by atoms with Crippen molar-refractivity contribution in [3.63, 3.8) is 0 Å². The second-order valence-electron chi connectivity index (χ2n) is 16.3. The van der Waals surface area contributed by atoms with Crippen molar-refractivity contribution >= 4 is 68.7 Å². The molecule has 3 atom stereocenters. The van der Waals surface area contributed by atoms with Gasteiger partial charge in [-0.3, -0.25) is 9.59 Å². The van der Waals surface area contributed by atoms with Gasteiger partial charge in [0.15, 0.2) is 28.2 Å². The molecule has 0 aliphatic carbocycles. The number of halogens is 3. The number of hydrogen-bond donors (Lipinski definition) is 4. The van der Waals surface area contributed by atoms with Gasteiger partial charge in [-0.15, -0.1) is 13.2 Å². The number of nitrogens with zero attached hydrogens (tertiary/aromatic N) is 2. The highest BCUT2D eigenvalue weighted by Gasteiger charge is 2.41. The number of carbonyl (C=O) groups is 2. The maximum Gasteiger partial charge on any atom is 0.227 e. The van der Waals surface area contributed by atoms with Crippen molar-refractivity contribution in [2.75, 3.05) is 40.9 Å². The molecule has 0 saturated carbocycles. The maximum atomic E-state index is 12.7. The first-order valence-electron chi connectivity index (χ1n) is 18.1. The van der Waals surface area contributed by atoms with E-state index in [1.807, 2.05) is 24.3 Å². The summed E-state index contributed by atoms with van der Waals surface area (Å²) >= 11 is 15.5. The minimum Gasteiger partial charge on any atom is -0.497 e. The number of benzene rings is 1. The van der Waals surface area contributed by atoms with E-state index in [1.54, 1.807) is 20.1 Å². The van der Waals surface area contributed by atoms with Crippen LogP contribution in [0.15, 0.2) is 49.6 Å². The Bertz CT molecular complexity index is 1310. The molecule has 0 unspecified atom stereocenters. The number of carbonyl (C=O) groups excluding carboxylic acids is 2. The van der Waals surface area contributed by atoms with Gasteiger partial charge in [-0.1, -0.05) is 101 Å². The van der Waals surface area contributed by atoms with Gasteiger partial charge in [-0.05, 0) is 67.8 Å². The molecular formula is C39H72Cl3N3O9Si2. The van der Waals surface area contributed by atoms with Crippen molar-refractivity contribution in [2.45, 2.75) is 127 Å². The van der Waals surface area contributed by atoms with Crippen molar-refractivity contribution in [1.29, 1.82) is 5.41 Å². The smallest absolute Gasteiger partial charge is 0.227 e. The Morgan fingerprint density at radius 3 is 1.64 bits per heavy atom. The van der Waals surface area contributed by atoms with E-state index in [2.05, 4.69) is 80.9 Å². The standard InChI is InChI=1S/C22H37NO5Si.C10H23NO3Si.C4H8O.C3H4Cl3N/c1-9-18(27-16-17-10-12-19(26-6)13-11-17)14-21(20(24)15-23(5)25)28-29(7,8)22(2,3)4;1-10(2,3)15(5,6)14-8-9(12)7-11(4)13;1-3-4(2)5;1-2(7)3(4,5)6/h9-13,18,21,25H,1,14-16H2,2-8H3;13H,7-8H2,1-6H3;3-5H,1H2,2H3;7H,1H3/t18-,21+;;4-;/m1.0./s1. The number of ether oxygens (including phenoxy) is 2. The molecular weight excluding hydrogens is 817 g/mol. The summed E-state index contributed by atoms with van der Waals surface area (Å²) in [6.07, 6.45) is 2.17. The topological polar surface area (TPSA) is 162 Å². The maximum absolute atomic E-state index is 12.7. The highest BCUT2D eigenvalue weighted by atomic mass is 35.6. The lowest BCUT2D eigenvalue weighted by Gasteiger charge is -2.39. The lowest BCUT2D eigenvalue weighted by molar-refractivity contribution is -0.139. The Balaban J connectivity index is -0.000000857. The number of methoxy groups -OCH3 is 1. The number of likely N-dealkylation sites (N-methyl/N-ethyl adjacent to an activating group) is 2. The molecule has 0 radical (unpaired) electrons. The zero-order chi connectivity index (χ0) is 44.9. The second-order valence-corrected chi connectivity index (χ2v) is 28.2. The van der Waals surface area contributed by atoms with Crippen molar-refractivity contribution in [3.8, 4) is 5.75 Å². The third kappa shape index (κ3) is 28.0. The van der Waals surface area contributed by atoms with Crippen molar-refractivity contribution in [2.24, 2.45) is 0 Å². The predicted octanol–water partition coefficient (Wildman–Crippen LogP) is 9.28. The minimum atomic E-state index is -2.18. The van der Waals surface area contributed by atoms with E-state index >= 15 is 0 Å². The average molecular weight is 890 g/mol. The van der Waals surface area contributed by atoms with Crippen LogP contribution in [-0.4, -0.2) is 123 Å². The zero-order valence-corrected chi connectivity index (χ0v) is 40.7. The SMILES string of the molecule is C=C[C@H](C)O.C=C[C@H](C[C@H](O[Si](C)(C)C(C)(C)C)C(=O)CN(C)O)OCc1ccc(OC)cc1.CC(=N)C(Cl)(Cl)Cl.CN(O)CC(=O)CO[Si](C)(C)C(C)(C)C. The molecule has 4 N–H and O–H groups in total. The molecule has 0 heterocycles. The van der Waals surface area contributed by atoms with E-state index in [-0.39, 0.29) is 59.3 Å². The molecule has 12 nitrogen and oxygen atoms in total. The number of aliphatic hydroxyl groups excluding tert-OH is 1. The van der Waals surface area contributed by atoms with E-state index in [0.717, 1.165) is 21.4 Å². The molecule has 0 bridgehead atoms. The second kappa shape index (κ2) is 27.3. The summed E-state index contributed by atoms with van der Waals surface area (Å²) in [5, 5.41) is 35.2. The highest BCUT2D eigenvalue weighted by Crippen LogP contribution is 2.38. The Morgan fingerprint density at radius 2 is 1.32 bits per heavy atom. The molecule has 56 heavy (non-hydrogen) atoms. The van der Waals surface area contributed by atoms with Crippen molar-refractivity contribution in [3.05, 3.63) is 55.1 Å². The fourth-order valence-electron chi connectivity index (χ4n) is 3.25. The molecule has 0 aliphatic rings. The van der Waals surface area contributed by atoms with Crippen LogP contribution in [0.3, 0.4) is 0 Å². The van der Waals surface area contributed by atoms with Gasteiger partial charge < -0.3 is 39.3 Å². The van der Waals surface area contributed by atoms with Crippen LogP contribution in [0.4, 0.5) is 0 Å². The fraction of sp³-hybridized carbons (Fsp3) is 0.667. The quantitative estimate of drug-likeness (QED) is 0.0366. The van der Waals surface area contributed by atoms with Crippen LogP contribution in [0, 0.1) is 5.41 Å². The number of aliphatic hydroxyl groups is 1. The molecule has 17 heteroatoms. The third-order valence-corrected chi connectivity index (χ3v) is 18.7. The van der Waals surface area contributed by atoms with Crippen LogP contribution >= 0.6 is 34.8 Å². The number of alkyl halides is 3. The van der Waals surface area contributed by atoms with Crippen LogP contribution in [0.2, 0.25) is 36.3 Å².